The summed E-state index contributed by atoms with van der Waals surface area (Å²) in [6, 6.07) is 2.98. The summed E-state index contributed by atoms with van der Waals surface area (Å²) in [7, 11) is 0. The third-order valence-electron chi connectivity index (χ3n) is 3.69. The first-order valence-electron chi connectivity index (χ1n) is 6.65. The average molecular weight is 284 g/mol. The fourth-order valence-corrected chi connectivity index (χ4v) is 2.50. The number of carbonyl (C=O) groups is 1. The number of nitrogens with one attached hydrogen (secondary N) is 2. The highest BCUT2D eigenvalue weighted by atomic mass is 19.1. The Hall–Kier alpha value is -1.53. The molecule has 1 aromatic carbocycles. The molecule has 0 bridgehead atoms. The number of anilines is 1. The van der Waals surface area contributed by atoms with Crippen LogP contribution in [0.25, 0.3) is 0 Å². The molecule has 3 N–H and O–H groups in total. The first-order valence-corrected chi connectivity index (χ1v) is 6.65. The van der Waals surface area contributed by atoms with Crippen LogP contribution in [-0.2, 0) is 4.79 Å². The third-order valence-corrected chi connectivity index (χ3v) is 3.69. The van der Waals surface area contributed by atoms with Crippen LogP contribution in [0.2, 0.25) is 0 Å². The van der Waals surface area contributed by atoms with Gasteiger partial charge in [-0.3, -0.25) is 4.79 Å². The van der Waals surface area contributed by atoms with Crippen LogP contribution in [0.3, 0.4) is 0 Å². The second-order valence-electron chi connectivity index (χ2n) is 5.17. The molecule has 1 aromatic rings. The fraction of sp³-hybridized carbons (Fsp3) is 0.500. The van der Waals surface area contributed by atoms with Gasteiger partial charge in [0.2, 0.25) is 5.91 Å². The lowest BCUT2D eigenvalue weighted by Gasteiger charge is -2.27. The van der Waals surface area contributed by atoms with Crippen LogP contribution in [0.5, 0.6) is 0 Å². The molecule has 0 spiro atoms. The first kappa shape index (κ1) is 14.9. The largest absolute Gasteiger partial charge is 0.394 e. The zero-order valence-electron chi connectivity index (χ0n) is 11.1. The summed E-state index contributed by atoms with van der Waals surface area (Å²) in [5, 5.41) is 14.8. The van der Waals surface area contributed by atoms with Crippen molar-refractivity contribution in [2.24, 2.45) is 0 Å². The van der Waals surface area contributed by atoms with Gasteiger partial charge in [0.05, 0.1) is 18.8 Å². The number of benzene rings is 1. The quantitative estimate of drug-likeness (QED) is 0.772. The van der Waals surface area contributed by atoms with Gasteiger partial charge in [0, 0.05) is 11.6 Å². The van der Waals surface area contributed by atoms with E-state index in [4.69, 9.17) is 0 Å². The standard InChI is InChI=1S/C14H18F2N2O2/c15-10-3-4-12(11(16)7-10)18-13(20)8-17-14(9-19)5-1-2-6-14/h3-4,7,17,19H,1-2,5-6,8-9H2,(H,18,20). The number of halogens is 2. The number of amides is 1. The SMILES string of the molecule is O=C(CNC1(CO)CCCC1)Nc1ccc(F)cc1F. The van der Waals surface area contributed by atoms with Crippen molar-refractivity contribution in [1.29, 1.82) is 0 Å². The number of aliphatic hydroxyl groups excluding tert-OH is 1. The van der Waals surface area contributed by atoms with E-state index < -0.39 is 23.1 Å². The van der Waals surface area contributed by atoms with Crippen LogP contribution in [-0.4, -0.2) is 29.7 Å². The zero-order chi connectivity index (χ0) is 14.6. The molecule has 0 radical (unpaired) electrons. The van der Waals surface area contributed by atoms with Crippen molar-refractivity contribution in [3.8, 4) is 0 Å². The molecule has 0 unspecified atom stereocenters. The fourth-order valence-electron chi connectivity index (χ4n) is 2.50. The van der Waals surface area contributed by atoms with Crippen LogP contribution >= 0.6 is 0 Å². The Kier molecular flexibility index (Phi) is 4.67. The van der Waals surface area contributed by atoms with E-state index in [0.717, 1.165) is 37.8 Å². The van der Waals surface area contributed by atoms with Gasteiger partial charge in [0.15, 0.2) is 0 Å². The van der Waals surface area contributed by atoms with E-state index in [1.54, 1.807) is 0 Å². The molecule has 20 heavy (non-hydrogen) atoms. The third kappa shape index (κ3) is 3.52. The molecule has 1 aliphatic carbocycles. The van der Waals surface area contributed by atoms with Gasteiger partial charge < -0.3 is 15.7 Å². The minimum absolute atomic E-state index is 0.0165. The number of rotatable bonds is 5. The lowest BCUT2D eigenvalue weighted by atomic mass is 9.99. The molecular formula is C14H18F2N2O2. The van der Waals surface area contributed by atoms with Crippen LogP contribution < -0.4 is 10.6 Å². The summed E-state index contributed by atoms with van der Waals surface area (Å²) in [4.78, 5) is 11.7. The maximum absolute atomic E-state index is 13.4. The molecular weight excluding hydrogens is 266 g/mol. The van der Waals surface area contributed by atoms with Gasteiger partial charge in [-0.2, -0.15) is 0 Å². The van der Waals surface area contributed by atoms with Crippen LogP contribution in [0, 0.1) is 11.6 Å². The van der Waals surface area contributed by atoms with Crippen LogP contribution in [0.15, 0.2) is 18.2 Å². The molecule has 6 heteroatoms. The number of aliphatic hydroxyl groups is 1. The highest BCUT2D eigenvalue weighted by Crippen LogP contribution is 2.28. The molecule has 0 aromatic heterocycles. The van der Waals surface area contributed by atoms with Crippen LogP contribution in [0.4, 0.5) is 14.5 Å². The molecule has 0 aliphatic heterocycles. The van der Waals surface area contributed by atoms with Crippen molar-refractivity contribution in [1.82, 2.24) is 5.32 Å². The van der Waals surface area contributed by atoms with Crippen molar-refractivity contribution in [3.05, 3.63) is 29.8 Å². The predicted octanol–water partition coefficient (Wildman–Crippen LogP) is 1.80. The van der Waals surface area contributed by atoms with Crippen molar-refractivity contribution in [3.63, 3.8) is 0 Å². The monoisotopic (exact) mass is 284 g/mol. The minimum Gasteiger partial charge on any atom is -0.394 e. The lowest BCUT2D eigenvalue weighted by molar-refractivity contribution is -0.115. The van der Waals surface area contributed by atoms with Crippen molar-refractivity contribution >= 4 is 11.6 Å². The van der Waals surface area contributed by atoms with Crippen molar-refractivity contribution in [2.75, 3.05) is 18.5 Å². The highest BCUT2D eigenvalue weighted by Gasteiger charge is 2.32. The number of hydrogen-bond acceptors (Lipinski definition) is 3. The first-order chi connectivity index (χ1) is 9.54. The maximum Gasteiger partial charge on any atom is 0.238 e. The predicted molar refractivity (Wildman–Crippen MR) is 71.3 cm³/mol. The Labute approximate surface area is 116 Å². The van der Waals surface area contributed by atoms with Gasteiger partial charge in [-0.1, -0.05) is 12.8 Å². The van der Waals surface area contributed by atoms with Gasteiger partial charge in [0.25, 0.3) is 0 Å². The van der Waals surface area contributed by atoms with E-state index in [-0.39, 0.29) is 18.8 Å². The summed E-state index contributed by atoms with van der Waals surface area (Å²) in [5.74, 6) is -1.92. The average Bonchev–Trinajstić information content (AvgIpc) is 2.89. The number of carbonyl (C=O) groups excluding carboxylic acids is 1. The molecule has 1 saturated carbocycles. The van der Waals surface area contributed by atoms with Gasteiger partial charge >= 0.3 is 0 Å². The van der Waals surface area contributed by atoms with Crippen LogP contribution in [0.1, 0.15) is 25.7 Å². The highest BCUT2D eigenvalue weighted by molar-refractivity contribution is 5.92. The van der Waals surface area contributed by atoms with Crippen molar-refractivity contribution in [2.45, 2.75) is 31.2 Å². The Morgan fingerprint density at radius 1 is 1.30 bits per heavy atom. The van der Waals surface area contributed by atoms with E-state index >= 15 is 0 Å². The minimum atomic E-state index is -0.809. The topological polar surface area (TPSA) is 61.4 Å². The molecule has 1 amide bonds. The Morgan fingerprint density at radius 2 is 2.00 bits per heavy atom. The molecule has 2 rings (SSSR count). The Morgan fingerprint density at radius 3 is 2.60 bits per heavy atom. The van der Waals surface area contributed by atoms with Gasteiger partial charge in [-0.25, -0.2) is 8.78 Å². The number of hydrogen-bond donors (Lipinski definition) is 3. The van der Waals surface area contributed by atoms with Gasteiger partial charge in [0.1, 0.15) is 11.6 Å². The van der Waals surface area contributed by atoms with E-state index in [0.29, 0.717) is 0 Å². The molecule has 0 atom stereocenters. The van der Waals surface area contributed by atoms with E-state index in [9.17, 15) is 18.7 Å². The summed E-state index contributed by atoms with van der Waals surface area (Å²) in [6.45, 7) is -0.0391. The summed E-state index contributed by atoms with van der Waals surface area (Å²) in [6.07, 6.45) is 3.67. The molecule has 110 valence electrons. The van der Waals surface area contributed by atoms with Gasteiger partial charge in [-0.05, 0) is 25.0 Å². The zero-order valence-corrected chi connectivity index (χ0v) is 11.1. The second-order valence-corrected chi connectivity index (χ2v) is 5.17. The normalized spacial score (nSPS) is 17.1. The smallest absolute Gasteiger partial charge is 0.238 e. The maximum atomic E-state index is 13.4. The van der Waals surface area contributed by atoms with E-state index in [2.05, 4.69) is 10.6 Å². The molecule has 1 fully saturated rings. The molecule has 0 saturated heterocycles. The molecule has 1 aliphatic rings. The summed E-state index contributed by atoms with van der Waals surface area (Å²) < 4.78 is 26.1. The van der Waals surface area contributed by atoms with Gasteiger partial charge in [-0.15, -0.1) is 0 Å². The van der Waals surface area contributed by atoms with Crippen molar-refractivity contribution < 1.29 is 18.7 Å². The summed E-state index contributed by atoms with van der Waals surface area (Å²) >= 11 is 0. The Bertz CT molecular complexity index is 488. The second kappa shape index (κ2) is 6.28. The van der Waals surface area contributed by atoms with E-state index in [1.165, 1.54) is 6.07 Å². The Balaban J connectivity index is 1.89. The summed E-state index contributed by atoms with van der Waals surface area (Å²) in [5.41, 5.74) is -0.457. The lowest BCUT2D eigenvalue weighted by Crippen LogP contribution is -2.49. The van der Waals surface area contributed by atoms with E-state index in [1.807, 2.05) is 0 Å². The molecule has 4 nitrogen and oxygen atoms in total. The molecule has 0 heterocycles.